The minimum atomic E-state index is -3.72. The third kappa shape index (κ3) is 5.73. The average Bonchev–Trinajstić information content (AvgIpc) is 3.36. The van der Waals surface area contributed by atoms with Gasteiger partial charge in [0.1, 0.15) is 5.56 Å². The van der Waals surface area contributed by atoms with E-state index in [1.807, 2.05) is 42.6 Å². The molecule has 10 nitrogen and oxygen atoms in total. The molecule has 0 amide bonds. The minimum Gasteiger partial charge on any atom is -0.478 e. The number of hydrogen-bond donors (Lipinski definition) is 1. The van der Waals surface area contributed by atoms with E-state index in [1.54, 1.807) is 22.5 Å². The predicted octanol–water partition coefficient (Wildman–Crippen LogP) is 5.39. The molecule has 0 radical (unpaired) electrons. The van der Waals surface area contributed by atoms with Gasteiger partial charge in [-0.2, -0.15) is 9.40 Å². The lowest BCUT2D eigenvalue weighted by atomic mass is 10.0. The lowest BCUT2D eigenvalue weighted by Gasteiger charge is -2.23. The number of halogens is 1. The lowest BCUT2D eigenvalue weighted by molar-refractivity contribution is 0.0695. The van der Waals surface area contributed by atoms with Gasteiger partial charge in [-0.05, 0) is 54.2 Å². The standard InChI is InChI=1S/C27H27BrN6O4S.2CH4/c1-16-8-18-6-7-19(28)10-25(18)39(37,38)33(13-16)14-17-4-3-5-20(9-17)34-26(23(12-29-34)27(35)36)22-11-21(22)24-15-32(2)31-30-24;;/h3-7,9-10,12,15-16,21-22H,8,11,13-14H2,1-2H3,(H,35,36);2*1H4/t16-,21+,22+;;/m0../s1. The second-order valence-corrected chi connectivity index (χ2v) is 13.3. The predicted molar refractivity (Wildman–Crippen MR) is 160 cm³/mol. The Morgan fingerprint density at radius 1 is 1.15 bits per heavy atom. The zero-order valence-corrected chi connectivity index (χ0v) is 23.8. The number of hydrogen-bond acceptors (Lipinski definition) is 6. The molecule has 1 saturated carbocycles. The second kappa shape index (κ2) is 11.5. The zero-order chi connectivity index (χ0) is 27.5. The highest BCUT2D eigenvalue weighted by atomic mass is 79.9. The monoisotopic (exact) mass is 642 g/mol. The van der Waals surface area contributed by atoms with Crippen LogP contribution in [0.3, 0.4) is 0 Å². The molecule has 6 rings (SSSR count). The van der Waals surface area contributed by atoms with Gasteiger partial charge in [0, 0.05) is 42.6 Å². The number of carbonyl (C=O) groups is 1. The third-order valence-corrected chi connectivity index (χ3v) is 9.81. The van der Waals surface area contributed by atoms with Crippen molar-refractivity contribution in [2.24, 2.45) is 13.0 Å². The van der Waals surface area contributed by atoms with Gasteiger partial charge in [0.25, 0.3) is 0 Å². The van der Waals surface area contributed by atoms with Gasteiger partial charge >= 0.3 is 5.97 Å². The van der Waals surface area contributed by atoms with Crippen molar-refractivity contribution in [3.8, 4) is 5.69 Å². The van der Waals surface area contributed by atoms with Gasteiger partial charge in [-0.25, -0.2) is 17.9 Å². The van der Waals surface area contributed by atoms with E-state index >= 15 is 0 Å². The Kier molecular flexibility index (Phi) is 8.58. The number of aromatic nitrogens is 5. The molecule has 0 unspecified atom stereocenters. The number of sulfonamides is 1. The van der Waals surface area contributed by atoms with Gasteiger partial charge in [0.05, 0.1) is 28.2 Å². The molecule has 1 aliphatic heterocycles. The number of nitrogens with zero attached hydrogens (tertiary/aromatic N) is 6. The van der Waals surface area contributed by atoms with Crippen LogP contribution in [0.15, 0.2) is 64.2 Å². The van der Waals surface area contributed by atoms with Crippen LogP contribution in [0.4, 0.5) is 0 Å². The maximum absolute atomic E-state index is 13.7. The van der Waals surface area contributed by atoms with Gasteiger partial charge in [0.2, 0.25) is 10.0 Å². The first kappa shape index (κ1) is 30.6. The summed E-state index contributed by atoms with van der Waals surface area (Å²) in [4.78, 5) is 12.4. The van der Waals surface area contributed by atoms with Crippen LogP contribution < -0.4 is 0 Å². The molecule has 1 aliphatic carbocycles. The molecular weight excluding hydrogens is 608 g/mol. The largest absolute Gasteiger partial charge is 0.478 e. The first-order valence-corrected chi connectivity index (χ1v) is 14.9. The van der Waals surface area contributed by atoms with E-state index in [2.05, 4.69) is 38.3 Å². The van der Waals surface area contributed by atoms with Gasteiger partial charge in [-0.15, -0.1) is 5.10 Å². The number of aryl methyl sites for hydroxylation is 1. The molecule has 218 valence electrons. The van der Waals surface area contributed by atoms with Crippen molar-refractivity contribution < 1.29 is 18.3 Å². The summed E-state index contributed by atoms with van der Waals surface area (Å²) in [5.41, 5.74) is 3.90. The molecule has 41 heavy (non-hydrogen) atoms. The Labute approximate surface area is 249 Å². The molecule has 1 fully saturated rings. The van der Waals surface area contributed by atoms with Crippen molar-refractivity contribution in [1.82, 2.24) is 29.1 Å². The molecule has 3 heterocycles. The third-order valence-electron chi connectivity index (χ3n) is 7.42. The molecule has 0 spiro atoms. The fourth-order valence-corrected chi connectivity index (χ4v) is 7.87. The molecule has 12 heteroatoms. The van der Waals surface area contributed by atoms with Gasteiger partial charge in [-0.1, -0.05) is 61.1 Å². The van der Waals surface area contributed by atoms with Gasteiger partial charge in [-0.3, -0.25) is 4.68 Å². The summed E-state index contributed by atoms with van der Waals surface area (Å²) in [6.45, 7) is 2.65. The Hall–Kier alpha value is -3.35. The summed E-state index contributed by atoms with van der Waals surface area (Å²) in [5, 5.41) is 22.6. The number of carboxylic acid groups (broad SMARTS) is 1. The maximum atomic E-state index is 13.7. The molecule has 2 aliphatic rings. The SMILES string of the molecule is C.C.C[C@H]1Cc2ccc(Br)cc2S(=O)(=O)N(Cc2cccc(-n3ncc(C(=O)O)c3[C@@H]3C[C@H]3c3cn(C)nn3)c2)C1. The van der Waals surface area contributed by atoms with Crippen LogP contribution in [-0.2, 0) is 30.0 Å². The molecule has 4 aromatic rings. The normalized spacial score (nSPS) is 21.2. The number of aromatic carboxylic acids is 1. The van der Waals surface area contributed by atoms with Crippen LogP contribution in [0.5, 0.6) is 0 Å². The van der Waals surface area contributed by atoms with Crippen molar-refractivity contribution in [2.45, 2.75) is 57.9 Å². The van der Waals surface area contributed by atoms with E-state index in [0.717, 1.165) is 27.7 Å². The van der Waals surface area contributed by atoms with E-state index in [1.165, 1.54) is 10.5 Å². The number of benzene rings is 2. The molecule has 0 saturated heterocycles. The zero-order valence-electron chi connectivity index (χ0n) is 21.4. The van der Waals surface area contributed by atoms with E-state index in [-0.39, 0.29) is 44.7 Å². The van der Waals surface area contributed by atoms with Crippen LogP contribution in [0.1, 0.15) is 72.9 Å². The molecule has 3 atom stereocenters. The highest BCUT2D eigenvalue weighted by molar-refractivity contribution is 9.10. The summed E-state index contributed by atoms with van der Waals surface area (Å²) in [6, 6.07) is 12.9. The molecule has 0 bridgehead atoms. The van der Waals surface area contributed by atoms with Crippen molar-refractivity contribution in [3.63, 3.8) is 0 Å². The van der Waals surface area contributed by atoms with Gasteiger partial charge in [0.15, 0.2) is 0 Å². The first-order chi connectivity index (χ1) is 18.6. The van der Waals surface area contributed by atoms with E-state index in [4.69, 9.17) is 0 Å². The van der Waals surface area contributed by atoms with E-state index in [0.29, 0.717) is 29.2 Å². The fraction of sp³-hybridized carbons (Fsp3) is 0.379. The lowest BCUT2D eigenvalue weighted by Crippen LogP contribution is -2.32. The van der Waals surface area contributed by atoms with Crippen LogP contribution in [0, 0.1) is 5.92 Å². The summed E-state index contributed by atoms with van der Waals surface area (Å²) in [7, 11) is -1.92. The van der Waals surface area contributed by atoms with E-state index < -0.39 is 16.0 Å². The van der Waals surface area contributed by atoms with Gasteiger partial charge < -0.3 is 5.11 Å². The highest BCUT2D eigenvalue weighted by Crippen LogP contribution is 2.55. The fourth-order valence-electron chi connectivity index (χ4n) is 5.55. The molecule has 2 aromatic heterocycles. The molecular formula is C29H35BrN6O4S. The van der Waals surface area contributed by atoms with Crippen LogP contribution >= 0.6 is 15.9 Å². The van der Waals surface area contributed by atoms with Crippen LogP contribution in [-0.4, -0.2) is 55.1 Å². The summed E-state index contributed by atoms with van der Waals surface area (Å²) < 4.78 is 32.9. The Balaban J connectivity index is 0.00000194. The van der Waals surface area contributed by atoms with Crippen LogP contribution in [0.25, 0.3) is 5.69 Å². The Bertz CT molecular complexity index is 1700. The topological polar surface area (TPSA) is 123 Å². The number of carboxylic acids is 1. The highest BCUT2D eigenvalue weighted by Gasteiger charge is 2.46. The average molecular weight is 644 g/mol. The summed E-state index contributed by atoms with van der Waals surface area (Å²) in [5.74, 6) is -0.875. The second-order valence-electron chi connectivity index (χ2n) is 10.5. The quantitative estimate of drug-likeness (QED) is 0.299. The number of fused-ring (bicyclic) bond motifs is 1. The Morgan fingerprint density at radius 3 is 2.63 bits per heavy atom. The van der Waals surface area contributed by atoms with Crippen LogP contribution in [0.2, 0.25) is 0 Å². The Morgan fingerprint density at radius 2 is 1.93 bits per heavy atom. The minimum absolute atomic E-state index is 0. The first-order valence-electron chi connectivity index (χ1n) is 12.7. The molecule has 1 N–H and O–H groups in total. The van der Waals surface area contributed by atoms with Crippen molar-refractivity contribution in [2.75, 3.05) is 6.54 Å². The van der Waals surface area contributed by atoms with Crippen molar-refractivity contribution in [1.29, 1.82) is 0 Å². The smallest absolute Gasteiger partial charge is 0.339 e. The summed E-state index contributed by atoms with van der Waals surface area (Å²) in [6.07, 6.45) is 4.67. The van der Waals surface area contributed by atoms with Crippen molar-refractivity contribution >= 4 is 31.9 Å². The van der Waals surface area contributed by atoms with Crippen molar-refractivity contribution in [3.05, 3.63) is 87.4 Å². The maximum Gasteiger partial charge on any atom is 0.339 e. The summed E-state index contributed by atoms with van der Waals surface area (Å²) >= 11 is 3.42. The molecule has 2 aromatic carbocycles. The van der Waals surface area contributed by atoms with E-state index in [9.17, 15) is 18.3 Å². The number of rotatable bonds is 6.